The van der Waals surface area contributed by atoms with Crippen LogP contribution in [0.25, 0.3) is 0 Å². The summed E-state index contributed by atoms with van der Waals surface area (Å²) < 4.78 is 10.4. The van der Waals surface area contributed by atoms with E-state index in [4.69, 9.17) is 9.15 Å². The molecule has 1 aromatic carbocycles. The number of hydrogen-bond donors (Lipinski definition) is 2. The fourth-order valence-electron chi connectivity index (χ4n) is 2.47. The lowest BCUT2D eigenvalue weighted by atomic mass is 10.1. The topological polar surface area (TPSA) is 76.4 Å². The average molecular weight is 351 g/mol. The number of aromatic nitrogens is 1. The second kappa shape index (κ2) is 8.71. The number of benzene rings is 1. The van der Waals surface area contributed by atoms with E-state index < -0.39 is 0 Å². The summed E-state index contributed by atoms with van der Waals surface area (Å²) in [6.45, 7) is 1.07. The van der Waals surface area contributed by atoms with Crippen LogP contribution >= 0.6 is 0 Å². The molecule has 1 amide bonds. The molecular formula is C20H21N3O3. The van der Waals surface area contributed by atoms with Crippen LogP contribution in [0.3, 0.4) is 0 Å². The van der Waals surface area contributed by atoms with Gasteiger partial charge in [-0.2, -0.15) is 0 Å². The van der Waals surface area contributed by atoms with Gasteiger partial charge in [-0.25, -0.2) is 4.98 Å². The Morgan fingerprint density at radius 3 is 2.77 bits per heavy atom. The second-order valence-electron chi connectivity index (χ2n) is 5.72. The van der Waals surface area contributed by atoms with Gasteiger partial charge in [0, 0.05) is 18.3 Å². The zero-order valence-electron chi connectivity index (χ0n) is 14.6. The molecule has 0 saturated carbocycles. The SMILES string of the molecule is COc1ccc(CCNC(=O)c2ccnc(NCc3ccco3)c2)cc1. The van der Waals surface area contributed by atoms with Gasteiger partial charge in [0.1, 0.15) is 17.3 Å². The molecule has 134 valence electrons. The van der Waals surface area contributed by atoms with E-state index in [1.807, 2.05) is 36.4 Å². The summed E-state index contributed by atoms with van der Waals surface area (Å²) in [5, 5.41) is 6.07. The maximum Gasteiger partial charge on any atom is 0.251 e. The summed E-state index contributed by atoms with van der Waals surface area (Å²) in [5.41, 5.74) is 1.71. The number of hydrogen-bond acceptors (Lipinski definition) is 5. The maximum atomic E-state index is 12.3. The highest BCUT2D eigenvalue weighted by atomic mass is 16.5. The van der Waals surface area contributed by atoms with Crippen molar-refractivity contribution in [3.63, 3.8) is 0 Å². The molecule has 0 aliphatic rings. The van der Waals surface area contributed by atoms with Gasteiger partial charge in [-0.15, -0.1) is 0 Å². The van der Waals surface area contributed by atoms with Crippen molar-refractivity contribution in [3.8, 4) is 5.75 Å². The normalized spacial score (nSPS) is 10.3. The molecular weight excluding hydrogens is 330 g/mol. The Kier molecular flexibility index (Phi) is 5.88. The summed E-state index contributed by atoms with van der Waals surface area (Å²) in [4.78, 5) is 16.5. The summed E-state index contributed by atoms with van der Waals surface area (Å²) in [7, 11) is 1.64. The lowest BCUT2D eigenvalue weighted by Crippen LogP contribution is -2.25. The number of nitrogens with one attached hydrogen (secondary N) is 2. The molecule has 0 bridgehead atoms. The third kappa shape index (κ3) is 4.86. The Labute approximate surface area is 152 Å². The lowest BCUT2D eigenvalue weighted by Gasteiger charge is -2.08. The molecule has 0 fully saturated rings. The molecule has 0 spiro atoms. The predicted molar refractivity (Wildman–Crippen MR) is 99.3 cm³/mol. The molecule has 0 aliphatic heterocycles. The van der Waals surface area contributed by atoms with E-state index >= 15 is 0 Å². The van der Waals surface area contributed by atoms with Crippen LogP contribution in [-0.4, -0.2) is 24.5 Å². The van der Waals surface area contributed by atoms with Crippen LogP contribution in [0.1, 0.15) is 21.7 Å². The fourth-order valence-corrected chi connectivity index (χ4v) is 2.47. The van der Waals surface area contributed by atoms with Gasteiger partial charge in [0.15, 0.2) is 0 Å². The smallest absolute Gasteiger partial charge is 0.251 e. The van der Waals surface area contributed by atoms with Gasteiger partial charge in [-0.05, 0) is 48.4 Å². The average Bonchev–Trinajstić information content (AvgIpc) is 3.21. The van der Waals surface area contributed by atoms with Gasteiger partial charge < -0.3 is 19.8 Å². The first-order valence-electron chi connectivity index (χ1n) is 8.38. The van der Waals surface area contributed by atoms with Crippen molar-refractivity contribution in [1.82, 2.24) is 10.3 Å². The Morgan fingerprint density at radius 1 is 1.19 bits per heavy atom. The first-order valence-corrected chi connectivity index (χ1v) is 8.38. The highest BCUT2D eigenvalue weighted by Crippen LogP contribution is 2.12. The molecule has 6 heteroatoms. The number of methoxy groups -OCH3 is 1. The molecule has 2 heterocycles. The first-order chi connectivity index (χ1) is 12.7. The highest BCUT2D eigenvalue weighted by Gasteiger charge is 2.07. The molecule has 0 atom stereocenters. The van der Waals surface area contributed by atoms with E-state index in [9.17, 15) is 4.79 Å². The summed E-state index contributed by atoms with van der Waals surface area (Å²) >= 11 is 0. The minimum absolute atomic E-state index is 0.123. The quantitative estimate of drug-likeness (QED) is 0.651. The number of anilines is 1. The van der Waals surface area contributed by atoms with Crippen LogP contribution in [0.5, 0.6) is 5.75 Å². The zero-order chi connectivity index (χ0) is 18.2. The van der Waals surface area contributed by atoms with Crippen LogP contribution in [0.2, 0.25) is 0 Å². The molecule has 0 unspecified atom stereocenters. The summed E-state index contributed by atoms with van der Waals surface area (Å²) in [6.07, 6.45) is 3.99. The third-order valence-corrected chi connectivity index (χ3v) is 3.90. The molecule has 6 nitrogen and oxygen atoms in total. The van der Waals surface area contributed by atoms with Crippen molar-refractivity contribution in [2.45, 2.75) is 13.0 Å². The third-order valence-electron chi connectivity index (χ3n) is 3.90. The van der Waals surface area contributed by atoms with E-state index in [-0.39, 0.29) is 5.91 Å². The molecule has 26 heavy (non-hydrogen) atoms. The number of nitrogens with zero attached hydrogens (tertiary/aromatic N) is 1. The monoisotopic (exact) mass is 351 g/mol. The number of furan rings is 1. The minimum atomic E-state index is -0.123. The van der Waals surface area contributed by atoms with Gasteiger partial charge in [-0.1, -0.05) is 12.1 Å². The van der Waals surface area contributed by atoms with Crippen LogP contribution in [0.4, 0.5) is 5.82 Å². The van der Waals surface area contributed by atoms with Gasteiger partial charge in [0.2, 0.25) is 0 Å². The lowest BCUT2D eigenvalue weighted by molar-refractivity contribution is 0.0954. The standard InChI is InChI=1S/C20H21N3O3/c1-25-17-6-4-15(5-7-17)8-10-22-20(24)16-9-11-21-19(13-16)23-14-18-3-2-12-26-18/h2-7,9,11-13H,8,10,14H2,1H3,(H,21,23)(H,22,24). The van der Waals surface area contributed by atoms with Crippen molar-refractivity contribution in [1.29, 1.82) is 0 Å². The van der Waals surface area contributed by atoms with E-state index in [2.05, 4.69) is 15.6 Å². The molecule has 3 aromatic rings. The van der Waals surface area contributed by atoms with Crippen LogP contribution in [-0.2, 0) is 13.0 Å². The molecule has 2 N–H and O–H groups in total. The molecule has 2 aromatic heterocycles. The Hall–Kier alpha value is -3.28. The van der Waals surface area contributed by atoms with Crippen LogP contribution in [0.15, 0.2) is 65.4 Å². The van der Waals surface area contributed by atoms with E-state index in [0.717, 1.165) is 23.5 Å². The van der Waals surface area contributed by atoms with E-state index in [1.165, 1.54) is 0 Å². The van der Waals surface area contributed by atoms with Gasteiger partial charge in [0.05, 0.1) is 19.9 Å². The van der Waals surface area contributed by atoms with Gasteiger partial charge in [-0.3, -0.25) is 4.79 Å². The summed E-state index contributed by atoms with van der Waals surface area (Å²) in [6, 6.07) is 14.9. The van der Waals surface area contributed by atoms with Crippen molar-refractivity contribution < 1.29 is 13.9 Å². The number of ether oxygens (including phenoxy) is 1. The maximum absolute atomic E-state index is 12.3. The number of carbonyl (C=O) groups is 1. The Morgan fingerprint density at radius 2 is 2.04 bits per heavy atom. The largest absolute Gasteiger partial charge is 0.497 e. The summed E-state index contributed by atoms with van der Waals surface area (Å²) in [5.74, 6) is 2.14. The second-order valence-corrected chi connectivity index (χ2v) is 5.72. The number of carbonyl (C=O) groups excluding carboxylic acids is 1. The highest BCUT2D eigenvalue weighted by molar-refractivity contribution is 5.94. The van der Waals surface area contributed by atoms with Gasteiger partial charge in [0.25, 0.3) is 5.91 Å². The van der Waals surface area contributed by atoms with E-state index in [1.54, 1.807) is 31.7 Å². The van der Waals surface area contributed by atoms with Crippen molar-refractivity contribution >= 4 is 11.7 Å². The molecule has 0 saturated heterocycles. The van der Waals surface area contributed by atoms with Crippen LogP contribution < -0.4 is 15.4 Å². The van der Waals surface area contributed by atoms with Crippen LogP contribution in [0, 0.1) is 0 Å². The van der Waals surface area contributed by atoms with Crippen molar-refractivity contribution in [2.75, 3.05) is 19.0 Å². The number of pyridine rings is 1. The fraction of sp³-hybridized carbons (Fsp3) is 0.200. The van der Waals surface area contributed by atoms with Gasteiger partial charge >= 0.3 is 0 Å². The number of amides is 1. The molecule has 0 radical (unpaired) electrons. The Bertz CT molecular complexity index is 830. The minimum Gasteiger partial charge on any atom is -0.497 e. The van der Waals surface area contributed by atoms with Crippen molar-refractivity contribution in [2.24, 2.45) is 0 Å². The van der Waals surface area contributed by atoms with E-state index in [0.29, 0.717) is 24.5 Å². The Balaban J connectivity index is 1.49. The molecule has 0 aliphatic carbocycles. The number of rotatable bonds is 8. The van der Waals surface area contributed by atoms with Crippen molar-refractivity contribution in [3.05, 3.63) is 77.9 Å². The predicted octanol–water partition coefficient (Wildman–Crippen LogP) is 3.27. The molecule has 3 rings (SSSR count). The zero-order valence-corrected chi connectivity index (χ0v) is 14.6. The first kappa shape index (κ1) is 17.5.